The summed E-state index contributed by atoms with van der Waals surface area (Å²) >= 11 is 2.02. The van der Waals surface area contributed by atoms with Gasteiger partial charge in [0.15, 0.2) is 0 Å². The number of thioether (sulfide) groups is 1. The van der Waals surface area contributed by atoms with Crippen LogP contribution in [-0.2, 0) is 9.59 Å². The molecule has 2 N–H and O–H groups in total. The standard InChI is InChI=1S/C24H33NO3S/c1-15(20-6-4-3-5-7-20)21(22(26)25-16(2)23(27)28)14-29-24-11-17-8-18(12-24)10-19(9-17)13-24/h3-7,15-19,21H,8-14H2,1-2H3,(H,25,26)(H,27,28). The number of nitrogens with one attached hydrogen (secondary N) is 1. The Labute approximate surface area is 178 Å². The largest absolute Gasteiger partial charge is 0.480 e. The van der Waals surface area contributed by atoms with Crippen molar-refractivity contribution < 1.29 is 14.7 Å². The molecule has 0 aromatic heterocycles. The van der Waals surface area contributed by atoms with E-state index in [9.17, 15) is 14.7 Å². The molecule has 4 aliphatic rings. The van der Waals surface area contributed by atoms with Crippen LogP contribution in [0.4, 0.5) is 0 Å². The third-order valence-electron chi connectivity index (χ3n) is 7.55. The molecule has 1 amide bonds. The highest BCUT2D eigenvalue weighted by Crippen LogP contribution is 2.61. The van der Waals surface area contributed by atoms with Crippen LogP contribution in [-0.4, -0.2) is 33.5 Å². The van der Waals surface area contributed by atoms with Gasteiger partial charge in [0.05, 0.1) is 5.92 Å². The monoisotopic (exact) mass is 415 g/mol. The molecule has 0 spiro atoms. The highest BCUT2D eigenvalue weighted by Gasteiger charge is 2.51. The summed E-state index contributed by atoms with van der Waals surface area (Å²) in [5.74, 6) is 2.14. The molecule has 0 radical (unpaired) electrons. The molecule has 0 heterocycles. The molecule has 0 aliphatic heterocycles. The number of hydrogen-bond donors (Lipinski definition) is 2. The number of carboxylic acid groups (broad SMARTS) is 1. The highest BCUT2D eigenvalue weighted by atomic mass is 32.2. The minimum absolute atomic E-state index is 0.0543. The van der Waals surface area contributed by atoms with E-state index in [2.05, 4.69) is 24.4 Å². The third kappa shape index (κ3) is 4.50. The molecule has 4 nitrogen and oxygen atoms in total. The lowest BCUT2D eigenvalue weighted by molar-refractivity contribution is -0.141. The number of carbonyl (C=O) groups is 2. The maximum Gasteiger partial charge on any atom is 0.325 e. The van der Waals surface area contributed by atoms with Gasteiger partial charge in [0.25, 0.3) is 0 Å². The van der Waals surface area contributed by atoms with Crippen LogP contribution in [0.2, 0.25) is 0 Å². The van der Waals surface area contributed by atoms with E-state index in [0.717, 1.165) is 29.1 Å². The van der Waals surface area contributed by atoms with Crippen LogP contribution < -0.4 is 5.32 Å². The average Bonchev–Trinajstić information content (AvgIpc) is 2.67. The zero-order chi connectivity index (χ0) is 20.6. The lowest BCUT2D eigenvalue weighted by Crippen LogP contribution is -2.49. The van der Waals surface area contributed by atoms with Crippen LogP contribution in [0.5, 0.6) is 0 Å². The van der Waals surface area contributed by atoms with Gasteiger partial charge in [0, 0.05) is 10.5 Å². The Bertz CT molecular complexity index is 714. The molecule has 1 aromatic rings. The van der Waals surface area contributed by atoms with Crippen LogP contribution in [0.25, 0.3) is 0 Å². The van der Waals surface area contributed by atoms with Gasteiger partial charge in [-0.25, -0.2) is 0 Å². The van der Waals surface area contributed by atoms with E-state index in [0.29, 0.717) is 4.75 Å². The second-order valence-corrected chi connectivity index (χ2v) is 11.3. The summed E-state index contributed by atoms with van der Waals surface area (Å²) in [5.41, 5.74) is 1.14. The first-order valence-electron chi connectivity index (χ1n) is 11.1. The molecule has 5 heteroatoms. The first-order chi connectivity index (χ1) is 13.8. The fourth-order valence-corrected chi connectivity index (χ4v) is 8.33. The van der Waals surface area contributed by atoms with Gasteiger partial charge >= 0.3 is 5.97 Å². The van der Waals surface area contributed by atoms with Crippen molar-refractivity contribution in [3.8, 4) is 0 Å². The van der Waals surface area contributed by atoms with Crippen molar-refractivity contribution in [1.29, 1.82) is 0 Å². The quantitative estimate of drug-likeness (QED) is 0.646. The van der Waals surface area contributed by atoms with Crippen molar-refractivity contribution in [1.82, 2.24) is 5.32 Å². The Kier molecular flexibility index (Phi) is 5.97. The van der Waals surface area contributed by atoms with Crippen molar-refractivity contribution in [2.75, 3.05) is 5.75 Å². The Morgan fingerprint density at radius 3 is 2.14 bits per heavy atom. The molecule has 4 aliphatic carbocycles. The first kappa shape index (κ1) is 20.8. The lowest BCUT2D eigenvalue weighted by Gasteiger charge is -2.56. The van der Waals surface area contributed by atoms with Crippen LogP contribution in [0.3, 0.4) is 0 Å². The molecular weight excluding hydrogens is 382 g/mol. The summed E-state index contributed by atoms with van der Waals surface area (Å²) in [6.07, 6.45) is 8.18. The average molecular weight is 416 g/mol. The number of benzene rings is 1. The molecule has 1 aromatic carbocycles. The topological polar surface area (TPSA) is 66.4 Å². The molecule has 3 atom stereocenters. The number of carbonyl (C=O) groups excluding carboxylic acids is 1. The fraction of sp³-hybridized carbons (Fsp3) is 0.667. The van der Waals surface area contributed by atoms with Crippen molar-refractivity contribution in [3.05, 3.63) is 35.9 Å². The second kappa shape index (κ2) is 8.33. The van der Waals surface area contributed by atoms with Crippen LogP contribution in [0.1, 0.15) is 63.9 Å². The van der Waals surface area contributed by atoms with Gasteiger partial charge in [0.2, 0.25) is 5.91 Å². The summed E-state index contributed by atoms with van der Waals surface area (Å²) in [6, 6.07) is 9.28. The summed E-state index contributed by atoms with van der Waals surface area (Å²) in [4.78, 5) is 24.4. The summed E-state index contributed by atoms with van der Waals surface area (Å²) in [5, 5.41) is 12.0. The van der Waals surface area contributed by atoms with E-state index in [1.54, 1.807) is 0 Å². The van der Waals surface area contributed by atoms with E-state index < -0.39 is 12.0 Å². The number of amides is 1. The van der Waals surface area contributed by atoms with Crippen molar-refractivity contribution in [2.24, 2.45) is 23.7 Å². The molecular formula is C24H33NO3S. The Morgan fingerprint density at radius 2 is 1.62 bits per heavy atom. The normalized spacial score (nSPS) is 33.1. The summed E-state index contributed by atoms with van der Waals surface area (Å²) in [7, 11) is 0. The SMILES string of the molecule is CC(NC(=O)C(CSC12CC3CC(CC(C3)C1)C2)C(C)c1ccccc1)C(=O)O. The Hall–Kier alpha value is -1.49. The smallest absolute Gasteiger partial charge is 0.325 e. The van der Waals surface area contributed by atoms with Crippen molar-refractivity contribution >= 4 is 23.6 Å². The minimum Gasteiger partial charge on any atom is -0.480 e. The van der Waals surface area contributed by atoms with Crippen molar-refractivity contribution in [2.45, 2.75) is 69.1 Å². The van der Waals surface area contributed by atoms with Gasteiger partial charge in [-0.1, -0.05) is 37.3 Å². The molecule has 0 saturated heterocycles. The molecule has 4 saturated carbocycles. The fourth-order valence-electron chi connectivity index (χ4n) is 6.29. The van der Waals surface area contributed by atoms with E-state index in [-0.39, 0.29) is 17.7 Å². The predicted octanol–water partition coefficient (Wildman–Crippen LogP) is 4.70. The van der Waals surface area contributed by atoms with Gasteiger partial charge < -0.3 is 10.4 Å². The van der Waals surface area contributed by atoms with Crippen molar-refractivity contribution in [3.63, 3.8) is 0 Å². The summed E-state index contributed by atoms with van der Waals surface area (Å²) < 4.78 is 0.349. The lowest BCUT2D eigenvalue weighted by atomic mass is 9.56. The molecule has 4 bridgehead atoms. The molecule has 5 rings (SSSR count). The number of rotatable bonds is 8. The van der Waals surface area contributed by atoms with Gasteiger partial charge in [-0.2, -0.15) is 11.8 Å². The third-order valence-corrected chi connectivity index (χ3v) is 9.18. The zero-order valence-corrected chi connectivity index (χ0v) is 18.3. The van der Waals surface area contributed by atoms with Crippen LogP contribution in [0, 0.1) is 23.7 Å². The number of carboxylic acids is 1. The van der Waals surface area contributed by atoms with Gasteiger partial charge in [-0.15, -0.1) is 0 Å². The number of aliphatic carboxylic acids is 1. The minimum atomic E-state index is -0.988. The van der Waals surface area contributed by atoms with Crippen LogP contribution in [0.15, 0.2) is 30.3 Å². The van der Waals surface area contributed by atoms with E-state index in [1.807, 2.05) is 30.0 Å². The van der Waals surface area contributed by atoms with E-state index in [4.69, 9.17) is 0 Å². The Morgan fingerprint density at radius 1 is 1.07 bits per heavy atom. The van der Waals surface area contributed by atoms with E-state index in [1.165, 1.54) is 45.4 Å². The maximum atomic E-state index is 13.1. The van der Waals surface area contributed by atoms with Gasteiger partial charge in [-0.3, -0.25) is 9.59 Å². The van der Waals surface area contributed by atoms with Crippen LogP contribution >= 0.6 is 11.8 Å². The van der Waals surface area contributed by atoms with Gasteiger partial charge in [0.1, 0.15) is 6.04 Å². The molecule has 4 fully saturated rings. The maximum absolute atomic E-state index is 13.1. The highest BCUT2D eigenvalue weighted by molar-refractivity contribution is 8.00. The number of hydrogen-bond acceptors (Lipinski definition) is 3. The van der Waals surface area contributed by atoms with E-state index >= 15 is 0 Å². The Balaban J connectivity index is 1.49. The second-order valence-electron chi connectivity index (χ2n) is 9.79. The van der Waals surface area contributed by atoms with Gasteiger partial charge in [-0.05, 0) is 74.7 Å². The molecule has 29 heavy (non-hydrogen) atoms. The summed E-state index contributed by atoms with van der Waals surface area (Å²) in [6.45, 7) is 3.64. The zero-order valence-electron chi connectivity index (χ0n) is 17.5. The predicted molar refractivity (Wildman–Crippen MR) is 117 cm³/mol. The molecule has 3 unspecified atom stereocenters. The molecule has 158 valence electrons. The first-order valence-corrected chi connectivity index (χ1v) is 12.1.